The molecule has 2 aromatic rings. The van der Waals surface area contributed by atoms with Crippen molar-refractivity contribution < 1.29 is 19.1 Å². The predicted octanol–water partition coefficient (Wildman–Crippen LogP) is 2.98. The van der Waals surface area contributed by atoms with E-state index in [9.17, 15) is 9.59 Å². The van der Waals surface area contributed by atoms with Crippen molar-refractivity contribution in [3.8, 4) is 10.6 Å². The molecule has 1 saturated heterocycles. The number of esters is 2. The maximum absolute atomic E-state index is 12.1. The Hall–Kier alpha value is -2.21. The lowest BCUT2D eigenvalue weighted by atomic mass is 10.2. The number of thiazole rings is 1. The number of rotatable bonds is 3. The number of benzene rings is 1. The van der Waals surface area contributed by atoms with E-state index >= 15 is 0 Å². The third-order valence-corrected chi connectivity index (χ3v) is 4.28. The highest BCUT2D eigenvalue weighted by Gasteiger charge is 2.35. The van der Waals surface area contributed by atoms with Crippen LogP contribution in [0.1, 0.15) is 29.4 Å². The molecule has 0 unspecified atom stereocenters. The van der Waals surface area contributed by atoms with Crippen molar-refractivity contribution in [2.75, 3.05) is 0 Å². The second-order valence-corrected chi connectivity index (χ2v) is 6.14. The Kier molecular flexibility index (Phi) is 3.94. The Morgan fingerprint density at radius 1 is 1.36 bits per heavy atom. The summed E-state index contributed by atoms with van der Waals surface area (Å²) in [5, 5.41) is 2.38. The molecule has 0 bridgehead atoms. The number of ether oxygens (including phenoxy) is 2. The van der Waals surface area contributed by atoms with Crippen LogP contribution in [-0.2, 0) is 14.3 Å². The van der Waals surface area contributed by atoms with Gasteiger partial charge in [0.05, 0.1) is 0 Å². The molecule has 1 aliphatic rings. The van der Waals surface area contributed by atoms with Crippen molar-refractivity contribution in [3.05, 3.63) is 40.9 Å². The number of aryl methyl sites for hydroxylation is 1. The van der Waals surface area contributed by atoms with Crippen LogP contribution in [0.2, 0.25) is 0 Å². The first kappa shape index (κ1) is 14.7. The largest absolute Gasteiger partial charge is 0.460 e. The summed E-state index contributed by atoms with van der Waals surface area (Å²) in [6.07, 6.45) is -0.657. The van der Waals surface area contributed by atoms with E-state index in [1.54, 1.807) is 12.3 Å². The van der Waals surface area contributed by atoms with E-state index in [1.807, 2.05) is 31.2 Å². The van der Waals surface area contributed by atoms with Gasteiger partial charge in [-0.2, -0.15) is 0 Å². The second kappa shape index (κ2) is 5.88. The number of hydrogen-bond acceptors (Lipinski definition) is 6. The number of hydrogen-bond donors (Lipinski definition) is 0. The van der Waals surface area contributed by atoms with Gasteiger partial charge < -0.3 is 9.47 Å². The lowest BCUT2D eigenvalue weighted by Crippen LogP contribution is -2.22. The monoisotopic (exact) mass is 317 g/mol. The van der Waals surface area contributed by atoms with E-state index in [-0.39, 0.29) is 11.8 Å². The van der Waals surface area contributed by atoms with E-state index < -0.39 is 18.0 Å². The first-order valence-corrected chi connectivity index (χ1v) is 7.85. The fourth-order valence-corrected chi connectivity index (χ4v) is 3.00. The Morgan fingerprint density at radius 2 is 2.09 bits per heavy atom. The van der Waals surface area contributed by atoms with Gasteiger partial charge in [0.1, 0.15) is 11.1 Å². The van der Waals surface area contributed by atoms with Crippen LogP contribution in [0.15, 0.2) is 29.6 Å². The molecule has 114 valence electrons. The minimum atomic E-state index is -0.827. The molecule has 1 fully saturated rings. The predicted molar refractivity (Wildman–Crippen MR) is 81.7 cm³/mol. The number of carbonyl (C=O) groups is 2. The third kappa shape index (κ3) is 3.01. The molecule has 1 aromatic heterocycles. The van der Waals surface area contributed by atoms with Gasteiger partial charge in [-0.3, -0.25) is 0 Å². The normalized spacial score (nSPS) is 20.7. The number of cyclic esters (lactones) is 1. The van der Waals surface area contributed by atoms with Crippen molar-refractivity contribution in [1.82, 2.24) is 4.98 Å². The van der Waals surface area contributed by atoms with Gasteiger partial charge in [0, 0.05) is 17.4 Å². The van der Waals surface area contributed by atoms with Gasteiger partial charge in [-0.1, -0.05) is 29.8 Å². The molecule has 2 heterocycles. The quantitative estimate of drug-likeness (QED) is 0.814. The van der Waals surface area contributed by atoms with Gasteiger partial charge in [-0.15, -0.1) is 11.3 Å². The van der Waals surface area contributed by atoms with Crippen LogP contribution in [0.25, 0.3) is 10.6 Å². The maximum atomic E-state index is 12.1. The summed E-state index contributed by atoms with van der Waals surface area (Å²) in [7, 11) is 0. The van der Waals surface area contributed by atoms with Crippen LogP contribution in [0.4, 0.5) is 0 Å². The van der Waals surface area contributed by atoms with Gasteiger partial charge in [0.25, 0.3) is 0 Å². The molecule has 5 nitrogen and oxygen atoms in total. The molecule has 0 N–H and O–H groups in total. The molecule has 1 aliphatic heterocycles. The topological polar surface area (TPSA) is 65.5 Å². The minimum absolute atomic E-state index is 0.216. The number of nitrogens with zero attached hydrogens (tertiary/aromatic N) is 1. The summed E-state index contributed by atoms with van der Waals surface area (Å²) >= 11 is 1.37. The van der Waals surface area contributed by atoms with Crippen LogP contribution in [0.5, 0.6) is 0 Å². The summed E-state index contributed by atoms with van der Waals surface area (Å²) in [4.78, 5) is 27.8. The van der Waals surface area contributed by atoms with E-state index in [4.69, 9.17) is 9.47 Å². The summed E-state index contributed by atoms with van der Waals surface area (Å²) in [6, 6.07) is 7.90. The van der Waals surface area contributed by atoms with Crippen molar-refractivity contribution in [2.45, 2.75) is 32.5 Å². The molecule has 6 heteroatoms. The number of carbonyl (C=O) groups excluding carboxylic acids is 2. The Labute approximate surface area is 131 Å². The van der Waals surface area contributed by atoms with E-state index in [0.29, 0.717) is 6.42 Å². The van der Waals surface area contributed by atoms with Crippen molar-refractivity contribution in [2.24, 2.45) is 0 Å². The summed E-state index contributed by atoms with van der Waals surface area (Å²) in [6.45, 7) is 3.78. The fourth-order valence-electron chi connectivity index (χ4n) is 2.20. The molecule has 0 amide bonds. The fraction of sp³-hybridized carbons (Fsp3) is 0.312. The molecule has 0 spiro atoms. The average Bonchev–Trinajstić information content (AvgIpc) is 3.07. The molecule has 0 aliphatic carbocycles. The van der Waals surface area contributed by atoms with E-state index in [0.717, 1.165) is 16.1 Å². The summed E-state index contributed by atoms with van der Waals surface area (Å²) < 4.78 is 10.1. The van der Waals surface area contributed by atoms with E-state index in [1.165, 1.54) is 11.3 Å². The van der Waals surface area contributed by atoms with Gasteiger partial charge >= 0.3 is 11.9 Å². The molecule has 22 heavy (non-hydrogen) atoms. The van der Waals surface area contributed by atoms with E-state index in [2.05, 4.69) is 4.98 Å². The van der Waals surface area contributed by atoms with Crippen LogP contribution >= 0.6 is 11.3 Å². The second-order valence-electron chi connectivity index (χ2n) is 5.28. The zero-order valence-electron chi connectivity index (χ0n) is 12.2. The molecule has 1 aromatic carbocycles. The van der Waals surface area contributed by atoms with Gasteiger partial charge in [0.15, 0.2) is 5.69 Å². The van der Waals surface area contributed by atoms with Crippen molar-refractivity contribution in [3.63, 3.8) is 0 Å². The van der Waals surface area contributed by atoms with Crippen LogP contribution in [0.3, 0.4) is 0 Å². The number of aromatic nitrogens is 1. The lowest BCUT2D eigenvalue weighted by Gasteiger charge is -2.06. The Bertz CT molecular complexity index is 707. The Morgan fingerprint density at radius 3 is 2.73 bits per heavy atom. The average molecular weight is 317 g/mol. The standard InChI is InChI=1S/C16H15NO4S/c1-9-3-5-11(6-4-9)14-17-12(8-22-14)15(18)21-13-7-10(2)20-16(13)19/h3-6,8,10,13H,7H2,1-2H3/t10-,13+/m0/s1. The molecular weight excluding hydrogens is 302 g/mol. The zero-order valence-corrected chi connectivity index (χ0v) is 13.1. The molecule has 2 atom stereocenters. The van der Waals surface area contributed by atoms with Crippen molar-refractivity contribution >= 4 is 23.3 Å². The van der Waals surface area contributed by atoms with Crippen LogP contribution in [-0.4, -0.2) is 29.1 Å². The Balaban J connectivity index is 1.72. The maximum Gasteiger partial charge on any atom is 0.358 e. The van der Waals surface area contributed by atoms with Gasteiger partial charge in [-0.05, 0) is 13.8 Å². The summed E-state index contributed by atoms with van der Waals surface area (Å²) in [5.74, 6) is -1.08. The molecule has 0 radical (unpaired) electrons. The first-order valence-electron chi connectivity index (χ1n) is 6.97. The first-order chi connectivity index (χ1) is 10.5. The van der Waals surface area contributed by atoms with Gasteiger partial charge in [-0.25, -0.2) is 14.6 Å². The molecular formula is C16H15NO4S. The van der Waals surface area contributed by atoms with Crippen molar-refractivity contribution in [1.29, 1.82) is 0 Å². The summed E-state index contributed by atoms with van der Waals surface area (Å²) in [5.41, 5.74) is 2.32. The highest BCUT2D eigenvalue weighted by molar-refractivity contribution is 7.13. The SMILES string of the molecule is Cc1ccc(-c2nc(C(=O)O[C@@H]3C[C@H](C)OC3=O)cs2)cc1. The zero-order chi connectivity index (χ0) is 15.7. The smallest absolute Gasteiger partial charge is 0.358 e. The molecule has 3 rings (SSSR count). The molecule has 0 saturated carbocycles. The third-order valence-electron chi connectivity index (χ3n) is 3.39. The van der Waals surface area contributed by atoms with Crippen LogP contribution < -0.4 is 0 Å². The van der Waals surface area contributed by atoms with Gasteiger partial charge in [0.2, 0.25) is 6.10 Å². The highest BCUT2D eigenvalue weighted by atomic mass is 32.1. The van der Waals surface area contributed by atoms with Crippen LogP contribution in [0, 0.1) is 6.92 Å². The minimum Gasteiger partial charge on any atom is -0.460 e. The highest BCUT2D eigenvalue weighted by Crippen LogP contribution is 2.25. The lowest BCUT2D eigenvalue weighted by molar-refractivity contribution is -0.147.